The monoisotopic (exact) mass is 413 g/mol. The molecule has 0 aliphatic carbocycles. The van der Waals surface area contributed by atoms with Crippen LogP contribution in [0, 0.1) is 0 Å². The highest BCUT2D eigenvalue weighted by Gasteiger charge is 2.45. The van der Waals surface area contributed by atoms with Crippen LogP contribution in [0.1, 0.15) is 5.56 Å². The average molecular weight is 413 g/mol. The van der Waals surface area contributed by atoms with E-state index >= 15 is 0 Å². The molecular formula is C24H19N3O4. The van der Waals surface area contributed by atoms with Gasteiger partial charge in [-0.2, -0.15) is 0 Å². The number of carbonyl (C=O) groups excluding carboxylic acids is 4. The van der Waals surface area contributed by atoms with E-state index < -0.39 is 30.3 Å². The van der Waals surface area contributed by atoms with Crippen LogP contribution in [-0.2, 0) is 20.9 Å². The van der Waals surface area contributed by atoms with Crippen LogP contribution in [0.4, 0.5) is 10.5 Å². The van der Waals surface area contributed by atoms with Crippen molar-refractivity contribution in [2.45, 2.75) is 6.54 Å². The molecule has 0 bridgehead atoms. The minimum absolute atomic E-state index is 0.0245. The lowest BCUT2D eigenvalue weighted by molar-refractivity contribution is -0.143. The lowest BCUT2D eigenvalue weighted by Gasteiger charge is -2.15. The standard InChI is InChI=1S/C24H19N3O4/c28-21(25-20-13-11-19(12-14-20)18-9-5-2-6-10-18)16-27-23(30)22(29)26(24(27)31)15-17-7-3-1-4-8-17/h1-14H,15-16H2,(H,25,28). The van der Waals surface area contributed by atoms with E-state index in [1.807, 2.05) is 48.5 Å². The van der Waals surface area contributed by atoms with Crippen LogP contribution in [0.2, 0.25) is 0 Å². The summed E-state index contributed by atoms with van der Waals surface area (Å²) in [4.78, 5) is 50.9. The number of nitrogens with one attached hydrogen (secondary N) is 1. The smallest absolute Gasteiger partial charge is 0.325 e. The number of urea groups is 1. The van der Waals surface area contributed by atoms with Gasteiger partial charge in [0.2, 0.25) is 5.91 Å². The molecule has 0 radical (unpaired) electrons. The van der Waals surface area contributed by atoms with Crippen LogP contribution in [0.25, 0.3) is 11.1 Å². The second kappa shape index (κ2) is 8.62. The zero-order valence-electron chi connectivity index (χ0n) is 16.5. The summed E-state index contributed by atoms with van der Waals surface area (Å²) in [6, 6.07) is 25.0. The molecule has 31 heavy (non-hydrogen) atoms. The maximum Gasteiger partial charge on any atom is 0.335 e. The Hall–Kier alpha value is -4.26. The van der Waals surface area contributed by atoms with Crippen LogP contribution >= 0.6 is 0 Å². The van der Waals surface area contributed by atoms with Gasteiger partial charge in [0.05, 0.1) is 6.54 Å². The van der Waals surface area contributed by atoms with Crippen molar-refractivity contribution in [3.8, 4) is 11.1 Å². The summed E-state index contributed by atoms with van der Waals surface area (Å²) in [6.07, 6.45) is 0. The van der Waals surface area contributed by atoms with E-state index in [0.29, 0.717) is 16.2 Å². The van der Waals surface area contributed by atoms with Gasteiger partial charge in [-0.1, -0.05) is 72.8 Å². The number of benzene rings is 3. The first kappa shape index (κ1) is 20.0. The summed E-state index contributed by atoms with van der Waals surface area (Å²) in [6.45, 7) is -0.557. The highest BCUT2D eigenvalue weighted by Crippen LogP contribution is 2.21. The number of hydrogen-bond acceptors (Lipinski definition) is 4. The van der Waals surface area contributed by atoms with E-state index in [2.05, 4.69) is 5.32 Å². The molecule has 7 nitrogen and oxygen atoms in total. The van der Waals surface area contributed by atoms with Crippen molar-refractivity contribution in [3.63, 3.8) is 0 Å². The summed E-state index contributed by atoms with van der Waals surface area (Å²) in [5.41, 5.74) is 3.27. The van der Waals surface area contributed by atoms with E-state index in [9.17, 15) is 19.2 Å². The second-order valence-electron chi connectivity index (χ2n) is 7.04. The van der Waals surface area contributed by atoms with Gasteiger partial charge in [0, 0.05) is 5.69 Å². The third-order valence-electron chi connectivity index (χ3n) is 4.90. The molecule has 3 aromatic rings. The summed E-state index contributed by atoms with van der Waals surface area (Å²) < 4.78 is 0. The fourth-order valence-corrected chi connectivity index (χ4v) is 3.32. The molecule has 1 N–H and O–H groups in total. The molecule has 3 aromatic carbocycles. The van der Waals surface area contributed by atoms with Gasteiger partial charge in [0.1, 0.15) is 6.54 Å². The summed E-state index contributed by atoms with van der Waals surface area (Å²) in [7, 11) is 0. The van der Waals surface area contributed by atoms with Crippen molar-refractivity contribution in [2.75, 3.05) is 11.9 Å². The third-order valence-corrected chi connectivity index (χ3v) is 4.90. The Morgan fingerprint density at radius 1 is 0.677 bits per heavy atom. The Kier molecular flexibility index (Phi) is 5.57. The van der Waals surface area contributed by atoms with E-state index in [1.165, 1.54) is 0 Å². The maximum absolute atomic E-state index is 12.6. The Morgan fingerprint density at radius 2 is 1.23 bits per heavy atom. The SMILES string of the molecule is O=C(CN1C(=O)C(=O)N(Cc2ccccc2)C1=O)Nc1ccc(-c2ccccc2)cc1. The zero-order valence-corrected chi connectivity index (χ0v) is 16.5. The number of nitrogens with zero attached hydrogens (tertiary/aromatic N) is 2. The average Bonchev–Trinajstić information content (AvgIpc) is 2.99. The first-order chi connectivity index (χ1) is 15.0. The molecule has 1 heterocycles. The topological polar surface area (TPSA) is 86.8 Å². The quantitative estimate of drug-likeness (QED) is 0.496. The number of amides is 5. The molecule has 0 aromatic heterocycles. The van der Waals surface area contributed by atoms with Crippen molar-refractivity contribution >= 4 is 29.4 Å². The lowest BCUT2D eigenvalue weighted by atomic mass is 10.1. The van der Waals surface area contributed by atoms with Crippen molar-refractivity contribution in [1.82, 2.24) is 9.80 Å². The van der Waals surface area contributed by atoms with Crippen LogP contribution < -0.4 is 5.32 Å². The molecule has 1 fully saturated rings. The van der Waals surface area contributed by atoms with Crippen LogP contribution in [0.3, 0.4) is 0 Å². The minimum Gasteiger partial charge on any atom is -0.325 e. The van der Waals surface area contributed by atoms with Crippen molar-refractivity contribution in [1.29, 1.82) is 0 Å². The van der Waals surface area contributed by atoms with Gasteiger partial charge in [-0.15, -0.1) is 0 Å². The van der Waals surface area contributed by atoms with Crippen LogP contribution in [0.5, 0.6) is 0 Å². The minimum atomic E-state index is -1.00. The first-order valence-electron chi connectivity index (χ1n) is 9.69. The zero-order chi connectivity index (χ0) is 21.8. The van der Waals surface area contributed by atoms with Gasteiger partial charge in [-0.05, 0) is 28.8 Å². The maximum atomic E-state index is 12.6. The van der Waals surface area contributed by atoms with E-state index in [0.717, 1.165) is 16.0 Å². The molecule has 154 valence electrons. The van der Waals surface area contributed by atoms with Gasteiger partial charge in [-0.25, -0.2) is 9.69 Å². The van der Waals surface area contributed by atoms with E-state index in [4.69, 9.17) is 0 Å². The lowest BCUT2D eigenvalue weighted by Crippen LogP contribution is -2.38. The molecule has 1 saturated heterocycles. The molecule has 0 unspecified atom stereocenters. The number of carbonyl (C=O) groups is 4. The van der Waals surface area contributed by atoms with Gasteiger partial charge in [0.15, 0.2) is 0 Å². The fraction of sp³-hybridized carbons (Fsp3) is 0.0833. The Bertz CT molecular complexity index is 1130. The molecule has 1 aliphatic rings. The summed E-state index contributed by atoms with van der Waals surface area (Å²) >= 11 is 0. The molecule has 0 spiro atoms. The Balaban J connectivity index is 1.39. The van der Waals surface area contributed by atoms with E-state index in [-0.39, 0.29) is 6.54 Å². The van der Waals surface area contributed by atoms with Gasteiger partial charge >= 0.3 is 17.8 Å². The largest absolute Gasteiger partial charge is 0.335 e. The normalized spacial score (nSPS) is 13.6. The fourth-order valence-electron chi connectivity index (χ4n) is 3.32. The number of hydrogen-bond donors (Lipinski definition) is 1. The molecule has 7 heteroatoms. The second-order valence-corrected chi connectivity index (χ2v) is 7.04. The highest BCUT2D eigenvalue weighted by atomic mass is 16.2. The molecule has 1 aliphatic heterocycles. The van der Waals surface area contributed by atoms with Crippen LogP contribution in [-0.4, -0.2) is 40.1 Å². The van der Waals surface area contributed by atoms with Gasteiger partial charge in [-0.3, -0.25) is 19.3 Å². The first-order valence-corrected chi connectivity index (χ1v) is 9.69. The third kappa shape index (κ3) is 4.35. The molecule has 5 amide bonds. The summed E-state index contributed by atoms with van der Waals surface area (Å²) in [5, 5.41) is 2.65. The summed E-state index contributed by atoms with van der Waals surface area (Å²) in [5.74, 6) is -2.51. The van der Waals surface area contributed by atoms with Gasteiger partial charge < -0.3 is 5.32 Å². The molecule has 0 saturated carbocycles. The van der Waals surface area contributed by atoms with Crippen molar-refractivity contribution in [2.24, 2.45) is 0 Å². The predicted molar refractivity (Wildman–Crippen MR) is 115 cm³/mol. The number of imide groups is 2. The number of anilines is 1. The Labute approximate surface area is 178 Å². The van der Waals surface area contributed by atoms with Crippen molar-refractivity contribution < 1.29 is 19.2 Å². The molecule has 4 rings (SSSR count). The molecule has 0 atom stereocenters. The van der Waals surface area contributed by atoms with Crippen LogP contribution in [0.15, 0.2) is 84.9 Å². The van der Waals surface area contributed by atoms with Crippen molar-refractivity contribution in [3.05, 3.63) is 90.5 Å². The van der Waals surface area contributed by atoms with Gasteiger partial charge in [0.25, 0.3) is 0 Å². The predicted octanol–water partition coefficient (Wildman–Crippen LogP) is 3.28. The Morgan fingerprint density at radius 3 is 1.87 bits per heavy atom. The molecular weight excluding hydrogens is 394 g/mol. The van der Waals surface area contributed by atoms with E-state index in [1.54, 1.807) is 36.4 Å². The highest BCUT2D eigenvalue weighted by molar-refractivity contribution is 6.45. The number of rotatable bonds is 6.